The van der Waals surface area contributed by atoms with Crippen molar-refractivity contribution in [3.63, 3.8) is 0 Å². The van der Waals surface area contributed by atoms with Crippen molar-refractivity contribution >= 4 is 22.4 Å². The molecule has 0 bridgehead atoms. The molecular formula is C26H21F2N5. The van der Waals surface area contributed by atoms with Crippen molar-refractivity contribution in [1.29, 1.82) is 0 Å². The lowest BCUT2D eigenvalue weighted by Crippen LogP contribution is -2.39. The first-order valence-corrected chi connectivity index (χ1v) is 11.0. The van der Waals surface area contributed by atoms with Gasteiger partial charge in [-0.25, -0.2) is 18.7 Å². The Hall–Kier alpha value is -3.87. The quantitative estimate of drug-likeness (QED) is 0.353. The van der Waals surface area contributed by atoms with Crippen molar-refractivity contribution in [2.45, 2.75) is 18.8 Å². The number of pyridine rings is 3. The second kappa shape index (κ2) is 7.62. The van der Waals surface area contributed by atoms with Crippen LogP contribution in [0.1, 0.15) is 12.8 Å². The molecule has 0 atom stereocenters. The number of imidazole rings is 1. The SMILES string of the molecule is FC1(F)CCN(c2ccc(-c3ccn4c(-c5ccnc6ccccc56)cnc4c3)cn2)CC1. The Morgan fingerprint density at radius 2 is 1.67 bits per heavy atom. The predicted molar refractivity (Wildman–Crippen MR) is 126 cm³/mol. The summed E-state index contributed by atoms with van der Waals surface area (Å²) in [4.78, 5) is 15.6. The molecule has 6 rings (SSSR count). The number of rotatable bonds is 3. The van der Waals surface area contributed by atoms with Crippen LogP contribution in [0.25, 0.3) is 38.9 Å². The zero-order valence-corrected chi connectivity index (χ0v) is 17.8. The number of benzene rings is 1. The minimum atomic E-state index is -2.56. The first-order chi connectivity index (χ1) is 16.1. The van der Waals surface area contributed by atoms with Crippen molar-refractivity contribution in [3.8, 4) is 22.4 Å². The van der Waals surface area contributed by atoms with Gasteiger partial charge in [-0.1, -0.05) is 18.2 Å². The molecule has 1 saturated heterocycles. The van der Waals surface area contributed by atoms with Crippen LogP contribution in [0.4, 0.5) is 14.6 Å². The summed E-state index contributed by atoms with van der Waals surface area (Å²) in [6.07, 6.45) is 7.28. The van der Waals surface area contributed by atoms with Gasteiger partial charge < -0.3 is 4.90 Å². The van der Waals surface area contributed by atoms with Gasteiger partial charge in [0.1, 0.15) is 11.5 Å². The maximum Gasteiger partial charge on any atom is 0.251 e. The van der Waals surface area contributed by atoms with Crippen LogP contribution in [0, 0.1) is 0 Å². The van der Waals surface area contributed by atoms with Gasteiger partial charge in [-0.3, -0.25) is 9.38 Å². The van der Waals surface area contributed by atoms with Crippen LogP contribution in [0.15, 0.2) is 79.4 Å². The first-order valence-electron chi connectivity index (χ1n) is 11.0. The molecule has 5 aromatic rings. The monoisotopic (exact) mass is 441 g/mol. The van der Waals surface area contributed by atoms with Crippen LogP contribution in [-0.4, -0.2) is 38.4 Å². The first kappa shape index (κ1) is 19.8. The van der Waals surface area contributed by atoms with Gasteiger partial charge in [0.05, 0.1) is 17.4 Å². The molecule has 5 nitrogen and oxygen atoms in total. The maximum absolute atomic E-state index is 13.4. The van der Waals surface area contributed by atoms with Gasteiger partial charge in [-0.15, -0.1) is 0 Å². The Labute approximate surface area is 189 Å². The van der Waals surface area contributed by atoms with E-state index in [2.05, 4.69) is 25.4 Å². The average molecular weight is 441 g/mol. The van der Waals surface area contributed by atoms with E-state index in [-0.39, 0.29) is 12.8 Å². The van der Waals surface area contributed by atoms with Gasteiger partial charge in [-0.2, -0.15) is 0 Å². The van der Waals surface area contributed by atoms with E-state index in [1.165, 1.54) is 0 Å². The second-order valence-corrected chi connectivity index (χ2v) is 8.41. The Bertz CT molecular complexity index is 1440. The fraction of sp³-hybridized carbons (Fsp3) is 0.192. The molecular weight excluding hydrogens is 420 g/mol. The van der Waals surface area contributed by atoms with E-state index in [1.54, 1.807) is 6.20 Å². The molecule has 164 valence electrons. The molecule has 7 heteroatoms. The van der Waals surface area contributed by atoms with Crippen molar-refractivity contribution in [2.24, 2.45) is 0 Å². The standard InChI is InChI=1S/C26H21F2N5/c27-26(28)9-13-32(14-10-26)24-6-5-19(16-30-24)18-8-12-33-23(17-31-25(33)15-18)21-7-11-29-22-4-2-1-3-20(21)22/h1-8,11-12,15-17H,9-10,13-14H2. The van der Waals surface area contributed by atoms with Gasteiger partial charge in [0.15, 0.2) is 0 Å². The maximum atomic E-state index is 13.4. The van der Waals surface area contributed by atoms with E-state index in [0.29, 0.717) is 13.1 Å². The van der Waals surface area contributed by atoms with Gasteiger partial charge in [0.2, 0.25) is 0 Å². The number of fused-ring (bicyclic) bond motifs is 2. The number of piperidine rings is 1. The third-order valence-corrected chi connectivity index (χ3v) is 6.34. The highest BCUT2D eigenvalue weighted by Gasteiger charge is 2.34. The molecule has 0 saturated carbocycles. The normalized spacial score (nSPS) is 15.9. The van der Waals surface area contributed by atoms with Crippen LogP contribution in [0.3, 0.4) is 0 Å². The summed E-state index contributed by atoms with van der Waals surface area (Å²) in [6.45, 7) is 0.650. The van der Waals surface area contributed by atoms with Gasteiger partial charge in [-0.05, 0) is 42.0 Å². The van der Waals surface area contributed by atoms with Crippen molar-refractivity contribution < 1.29 is 8.78 Å². The minimum absolute atomic E-state index is 0.123. The third kappa shape index (κ3) is 3.59. The third-order valence-electron chi connectivity index (χ3n) is 6.34. The molecule has 5 heterocycles. The molecule has 0 amide bonds. The minimum Gasteiger partial charge on any atom is -0.356 e. The largest absolute Gasteiger partial charge is 0.356 e. The summed E-state index contributed by atoms with van der Waals surface area (Å²) in [5, 5.41) is 1.08. The molecule has 33 heavy (non-hydrogen) atoms. The molecule has 1 aromatic carbocycles. The Morgan fingerprint density at radius 3 is 2.48 bits per heavy atom. The average Bonchev–Trinajstić information content (AvgIpc) is 3.27. The number of alkyl halides is 2. The smallest absolute Gasteiger partial charge is 0.251 e. The van der Waals surface area contributed by atoms with Gasteiger partial charge in [0.25, 0.3) is 5.92 Å². The molecule has 1 aliphatic rings. The number of hydrogen-bond acceptors (Lipinski definition) is 4. The van der Waals surface area contributed by atoms with Crippen molar-refractivity contribution in [1.82, 2.24) is 19.4 Å². The second-order valence-electron chi connectivity index (χ2n) is 8.41. The summed E-state index contributed by atoms with van der Waals surface area (Å²) < 4.78 is 28.9. The molecule has 0 N–H and O–H groups in total. The molecule has 0 unspecified atom stereocenters. The van der Waals surface area contributed by atoms with E-state index >= 15 is 0 Å². The highest BCUT2D eigenvalue weighted by Crippen LogP contribution is 2.32. The summed E-state index contributed by atoms with van der Waals surface area (Å²) in [6, 6.07) is 18.1. The molecule has 0 radical (unpaired) electrons. The summed E-state index contributed by atoms with van der Waals surface area (Å²) in [5.41, 5.74) is 5.84. The summed E-state index contributed by atoms with van der Waals surface area (Å²) in [5.74, 6) is -1.82. The van der Waals surface area contributed by atoms with E-state index in [0.717, 1.165) is 44.8 Å². The van der Waals surface area contributed by atoms with Crippen molar-refractivity contribution in [2.75, 3.05) is 18.0 Å². The summed E-state index contributed by atoms with van der Waals surface area (Å²) >= 11 is 0. The fourth-order valence-electron chi connectivity index (χ4n) is 4.49. The highest BCUT2D eigenvalue weighted by molar-refractivity contribution is 5.93. The molecule has 0 spiro atoms. The lowest BCUT2D eigenvalue weighted by molar-refractivity contribution is -0.0221. The summed E-state index contributed by atoms with van der Waals surface area (Å²) in [7, 11) is 0. The van der Waals surface area contributed by atoms with Crippen LogP contribution in [0.2, 0.25) is 0 Å². The van der Waals surface area contributed by atoms with E-state index in [9.17, 15) is 8.78 Å². The molecule has 0 aliphatic carbocycles. The topological polar surface area (TPSA) is 46.3 Å². The van der Waals surface area contributed by atoms with E-state index in [4.69, 9.17) is 0 Å². The highest BCUT2D eigenvalue weighted by atomic mass is 19.3. The van der Waals surface area contributed by atoms with E-state index in [1.807, 2.05) is 72.0 Å². The number of hydrogen-bond donors (Lipinski definition) is 0. The Morgan fingerprint density at radius 1 is 0.818 bits per heavy atom. The van der Waals surface area contributed by atoms with Gasteiger partial charge >= 0.3 is 0 Å². The predicted octanol–water partition coefficient (Wildman–Crippen LogP) is 5.85. The number of aromatic nitrogens is 4. The Kier molecular flexibility index (Phi) is 4.57. The number of nitrogens with zero attached hydrogens (tertiary/aromatic N) is 5. The molecule has 1 aliphatic heterocycles. The van der Waals surface area contributed by atoms with Crippen LogP contribution in [-0.2, 0) is 0 Å². The zero-order chi connectivity index (χ0) is 22.4. The van der Waals surface area contributed by atoms with E-state index < -0.39 is 5.92 Å². The molecule has 4 aromatic heterocycles. The van der Waals surface area contributed by atoms with Gasteiger partial charge in [0, 0.05) is 61.0 Å². The molecule has 1 fully saturated rings. The van der Waals surface area contributed by atoms with Crippen LogP contribution >= 0.6 is 0 Å². The lowest BCUT2D eigenvalue weighted by atomic mass is 10.1. The van der Waals surface area contributed by atoms with Crippen LogP contribution in [0.5, 0.6) is 0 Å². The Balaban J connectivity index is 1.30. The van der Waals surface area contributed by atoms with Crippen LogP contribution < -0.4 is 4.90 Å². The number of halogens is 2. The zero-order valence-electron chi connectivity index (χ0n) is 17.8. The fourth-order valence-corrected chi connectivity index (χ4v) is 4.49. The van der Waals surface area contributed by atoms with Crippen molar-refractivity contribution in [3.05, 3.63) is 79.4 Å². The number of para-hydroxylation sites is 1. The number of anilines is 1. The lowest BCUT2D eigenvalue weighted by Gasteiger charge is -2.32.